The maximum Gasteiger partial charge on any atom is 0.150 e. The molecule has 1 aromatic carbocycles. The Labute approximate surface area is 220 Å². The van der Waals surface area contributed by atoms with E-state index in [1.165, 1.54) is 48.8 Å². The van der Waals surface area contributed by atoms with Crippen LogP contribution in [0.25, 0.3) is 0 Å². The number of aromatic nitrogens is 4. The first kappa shape index (κ1) is 24.6. The predicted octanol–water partition coefficient (Wildman–Crippen LogP) is 6.30. The molecule has 0 spiro atoms. The fraction of sp³-hybridized carbons (Fsp3) is 0.533. The van der Waals surface area contributed by atoms with Crippen molar-refractivity contribution in [2.75, 3.05) is 6.16 Å². The maximum absolute atomic E-state index is 4.80. The third-order valence-electron chi connectivity index (χ3n) is 9.58. The second-order valence-corrected chi connectivity index (χ2v) is 13.8. The Hall–Kier alpha value is -1.76. The van der Waals surface area contributed by atoms with E-state index < -0.39 is 5.16 Å². The standard InChI is InChI=1S/C30H38N4P2/c1-28(2,3)21-6-7-24(29(18-35)22-13-19-12-20(15-22)16-23(29)14-19)25(17-21)30(36,26-31-8-4-9-32-26)27-33-10-5-11-34-27/h4-11,17,19-20,22-23H,12-16,18,35-36H2,1-3H3. The summed E-state index contributed by atoms with van der Waals surface area (Å²) < 4.78 is 0. The van der Waals surface area contributed by atoms with E-state index in [1.54, 1.807) is 0 Å². The molecule has 0 amide bonds. The monoisotopic (exact) mass is 516 g/mol. The second-order valence-electron chi connectivity index (χ2n) is 12.5. The quantitative estimate of drug-likeness (QED) is 0.374. The second kappa shape index (κ2) is 8.92. The molecule has 2 aromatic heterocycles. The van der Waals surface area contributed by atoms with E-state index in [0.29, 0.717) is 0 Å². The normalized spacial score (nSPS) is 29.5. The smallest absolute Gasteiger partial charge is 0.150 e. The van der Waals surface area contributed by atoms with Gasteiger partial charge in [0.05, 0.1) is 0 Å². The average Bonchev–Trinajstić information content (AvgIpc) is 2.89. The summed E-state index contributed by atoms with van der Waals surface area (Å²) >= 11 is 0. The molecule has 4 bridgehead atoms. The van der Waals surface area contributed by atoms with Gasteiger partial charge in [0.15, 0.2) is 0 Å². The Bertz CT molecular complexity index is 1170. The van der Waals surface area contributed by atoms with E-state index >= 15 is 0 Å². The van der Waals surface area contributed by atoms with Gasteiger partial charge in [-0.1, -0.05) is 39.0 Å². The van der Waals surface area contributed by atoms with Gasteiger partial charge in [-0.15, -0.1) is 18.5 Å². The fourth-order valence-corrected chi connectivity index (χ4v) is 9.42. The van der Waals surface area contributed by atoms with Crippen LogP contribution in [0.3, 0.4) is 0 Å². The summed E-state index contributed by atoms with van der Waals surface area (Å²) in [6.45, 7) is 6.88. The molecule has 0 saturated heterocycles. The minimum atomic E-state index is -0.736. The highest BCUT2D eigenvalue weighted by Gasteiger charge is 2.58. The van der Waals surface area contributed by atoms with E-state index in [0.717, 1.165) is 41.5 Å². The molecule has 3 aromatic rings. The lowest BCUT2D eigenvalue weighted by molar-refractivity contribution is -0.0504. The Morgan fingerprint density at radius 1 is 0.806 bits per heavy atom. The summed E-state index contributed by atoms with van der Waals surface area (Å²) in [5, 5.41) is -0.736. The minimum Gasteiger partial charge on any atom is -0.240 e. The third-order valence-corrected chi connectivity index (χ3v) is 11.1. The molecule has 4 nitrogen and oxygen atoms in total. The molecular formula is C30H38N4P2. The van der Waals surface area contributed by atoms with Crippen molar-refractivity contribution in [2.24, 2.45) is 23.7 Å². The Morgan fingerprint density at radius 2 is 1.31 bits per heavy atom. The zero-order chi connectivity index (χ0) is 25.1. The SMILES string of the molecule is CC(C)(C)c1ccc(C2(CP)C3CC4CC(C3)CC2C4)c(C(P)(c2ncccn2)c2ncccn2)c1. The van der Waals surface area contributed by atoms with Crippen LogP contribution in [-0.4, -0.2) is 26.1 Å². The highest BCUT2D eigenvalue weighted by Crippen LogP contribution is 2.65. The van der Waals surface area contributed by atoms with Gasteiger partial charge in [0.25, 0.3) is 0 Å². The van der Waals surface area contributed by atoms with Crippen LogP contribution in [-0.2, 0) is 16.0 Å². The van der Waals surface area contributed by atoms with E-state index in [4.69, 9.17) is 19.9 Å². The largest absolute Gasteiger partial charge is 0.240 e. The van der Waals surface area contributed by atoms with Crippen LogP contribution < -0.4 is 0 Å². The summed E-state index contributed by atoms with van der Waals surface area (Å²) in [4.78, 5) is 19.2. The molecule has 7 rings (SSSR count). The lowest BCUT2D eigenvalue weighted by atomic mass is 9.43. The third kappa shape index (κ3) is 3.70. The molecule has 2 unspecified atom stereocenters. The summed E-state index contributed by atoms with van der Waals surface area (Å²) in [6.07, 6.45) is 15.4. The summed E-state index contributed by atoms with van der Waals surface area (Å²) in [5.41, 5.74) is 4.21. The first-order valence-corrected chi connectivity index (χ1v) is 14.9. The van der Waals surface area contributed by atoms with Gasteiger partial charge in [-0.2, -0.15) is 0 Å². The molecule has 4 aliphatic carbocycles. The van der Waals surface area contributed by atoms with Gasteiger partial charge < -0.3 is 0 Å². The molecule has 4 saturated carbocycles. The molecule has 2 atom stereocenters. The first-order valence-electron chi connectivity index (χ1n) is 13.5. The zero-order valence-corrected chi connectivity index (χ0v) is 24.0. The number of hydrogen-bond donors (Lipinski definition) is 0. The Morgan fingerprint density at radius 3 is 1.75 bits per heavy atom. The lowest BCUT2D eigenvalue weighted by Gasteiger charge is -2.62. The van der Waals surface area contributed by atoms with Gasteiger partial charge in [0.2, 0.25) is 0 Å². The van der Waals surface area contributed by atoms with Gasteiger partial charge >= 0.3 is 0 Å². The number of rotatable bonds is 5. The topological polar surface area (TPSA) is 51.6 Å². The van der Waals surface area contributed by atoms with Crippen LogP contribution in [0.15, 0.2) is 55.1 Å². The molecule has 0 radical (unpaired) electrons. The van der Waals surface area contributed by atoms with Crippen LogP contribution >= 0.6 is 18.5 Å². The van der Waals surface area contributed by atoms with E-state index in [-0.39, 0.29) is 10.8 Å². The highest BCUT2D eigenvalue weighted by atomic mass is 31.0. The van der Waals surface area contributed by atoms with Gasteiger partial charge in [0.1, 0.15) is 16.8 Å². The Balaban J connectivity index is 1.65. The average molecular weight is 517 g/mol. The van der Waals surface area contributed by atoms with Crippen molar-refractivity contribution in [3.63, 3.8) is 0 Å². The number of nitrogens with zero attached hydrogens (tertiary/aromatic N) is 4. The lowest BCUT2D eigenvalue weighted by Crippen LogP contribution is -2.57. The molecule has 4 fully saturated rings. The van der Waals surface area contributed by atoms with Gasteiger partial charge in [-0.25, -0.2) is 19.9 Å². The molecule has 0 N–H and O–H groups in total. The molecule has 188 valence electrons. The van der Waals surface area contributed by atoms with Gasteiger partial charge in [-0.05, 0) is 96.2 Å². The van der Waals surface area contributed by atoms with Crippen LogP contribution in [0.1, 0.15) is 81.2 Å². The molecule has 36 heavy (non-hydrogen) atoms. The van der Waals surface area contributed by atoms with Crippen molar-refractivity contribution in [1.29, 1.82) is 0 Å². The van der Waals surface area contributed by atoms with Crippen LogP contribution in [0, 0.1) is 23.7 Å². The summed E-state index contributed by atoms with van der Waals surface area (Å²) in [6, 6.07) is 11.0. The van der Waals surface area contributed by atoms with E-state index in [2.05, 4.69) is 57.4 Å². The van der Waals surface area contributed by atoms with Gasteiger partial charge in [-0.3, -0.25) is 0 Å². The molecule has 2 heterocycles. The zero-order valence-electron chi connectivity index (χ0n) is 21.7. The molecule has 6 heteroatoms. The number of hydrogen-bond acceptors (Lipinski definition) is 4. The van der Waals surface area contributed by atoms with Crippen LogP contribution in [0.4, 0.5) is 0 Å². The van der Waals surface area contributed by atoms with Gasteiger partial charge in [0, 0.05) is 30.2 Å². The van der Waals surface area contributed by atoms with E-state index in [1.807, 2.05) is 36.9 Å². The minimum absolute atomic E-state index is 0.0200. The number of benzene rings is 1. The van der Waals surface area contributed by atoms with Crippen LogP contribution in [0.2, 0.25) is 0 Å². The van der Waals surface area contributed by atoms with Crippen molar-refractivity contribution >= 4 is 18.5 Å². The Kier molecular flexibility index (Phi) is 6.09. The van der Waals surface area contributed by atoms with Crippen molar-refractivity contribution in [3.8, 4) is 0 Å². The van der Waals surface area contributed by atoms with E-state index in [9.17, 15) is 0 Å². The molecule has 4 aliphatic rings. The summed E-state index contributed by atoms with van der Waals surface area (Å²) in [7, 11) is 6.30. The molecule has 0 aliphatic heterocycles. The van der Waals surface area contributed by atoms with Crippen molar-refractivity contribution in [2.45, 2.75) is 68.9 Å². The van der Waals surface area contributed by atoms with Crippen molar-refractivity contribution in [1.82, 2.24) is 19.9 Å². The van der Waals surface area contributed by atoms with Crippen LogP contribution in [0.5, 0.6) is 0 Å². The fourth-order valence-electron chi connectivity index (χ4n) is 8.00. The van der Waals surface area contributed by atoms with Crippen molar-refractivity contribution in [3.05, 3.63) is 83.5 Å². The summed E-state index contributed by atoms with van der Waals surface area (Å²) in [5.74, 6) is 4.77. The van der Waals surface area contributed by atoms with Crippen molar-refractivity contribution < 1.29 is 0 Å². The first-order chi connectivity index (χ1) is 17.3. The highest BCUT2D eigenvalue weighted by molar-refractivity contribution is 7.19. The maximum atomic E-state index is 4.80. The molecular weight excluding hydrogens is 478 g/mol. The predicted molar refractivity (Wildman–Crippen MR) is 152 cm³/mol.